The fourth-order valence-electron chi connectivity index (χ4n) is 0.719. The lowest BCUT2D eigenvalue weighted by Gasteiger charge is -2.12. The minimum absolute atomic E-state index is 0.381. The fraction of sp³-hybridized carbons (Fsp3) is 0.167. The van der Waals surface area contributed by atoms with Crippen molar-refractivity contribution in [2.24, 2.45) is 5.84 Å². The van der Waals surface area contributed by atoms with Crippen LogP contribution < -0.4 is 16.6 Å². The lowest BCUT2D eigenvalue weighted by Crippen LogP contribution is -2.27. The van der Waals surface area contributed by atoms with Crippen LogP contribution in [0.2, 0.25) is 5.15 Å². The molecule has 11 heavy (non-hydrogen) atoms. The highest BCUT2D eigenvalue weighted by Gasteiger charge is 2.02. The van der Waals surface area contributed by atoms with E-state index in [0.717, 1.165) is 0 Å². The summed E-state index contributed by atoms with van der Waals surface area (Å²) in [6.45, 7) is 0. The molecule has 1 rings (SSSR count). The summed E-state index contributed by atoms with van der Waals surface area (Å²) < 4.78 is 0. The summed E-state index contributed by atoms with van der Waals surface area (Å²) in [6, 6.07) is 3.28. The van der Waals surface area contributed by atoms with Crippen LogP contribution in [0.25, 0.3) is 0 Å². The minimum atomic E-state index is 0.381. The number of nitrogens with two attached hydrogens (primary N) is 2. The van der Waals surface area contributed by atoms with Gasteiger partial charge in [0.15, 0.2) is 5.82 Å². The molecule has 1 aromatic heterocycles. The molecule has 0 fully saturated rings. The number of nitrogen functional groups attached to an aromatic ring is 1. The lowest BCUT2D eigenvalue weighted by molar-refractivity contribution is 0.980. The lowest BCUT2D eigenvalue weighted by atomic mass is 10.4. The second-order valence-electron chi connectivity index (χ2n) is 2.16. The number of pyridine rings is 1. The Morgan fingerprint density at radius 1 is 1.55 bits per heavy atom. The van der Waals surface area contributed by atoms with Crippen molar-refractivity contribution in [2.45, 2.75) is 0 Å². The first kappa shape index (κ1) is 8.10. The topological polar surface area (TPSA) is 68.2 Å². The van der Waals surface area contributed by atoms with E-state index in [1.807, 2.05) is 0 Å². The summed E-state index contributed by atoms with van der Waals surface area (Å²) in [4.78, 5) is 3.91. The van der Waals surface area contributed by atoms with E-state index in [9.17, 15) is 0 Å². The van der Waals surface area contributed by atoms with Gasteiger partial charge in [0.05, 0.1) is 5.69 Å². The second kappa shape index (κ2) is 2.94. The SMILES string of the molecule is CN(N)c1nc(Cl)ccc1N. The molecule has 0 aliphatic heterocycles. The molecule has 4 nitrogen and oxygen atoms in total. The van der Waals surface area contributed by atoms with Crippen LogP contribution in [0.15, 0.2) is 12.1 Å². The van der Waals surface area contributed by atoms with Gasteiger partial charge in [-0.05, 0) is 12.1 Å². The Bertz CT molecular complexity index is 261. The molecule has 60 valence electrons. The first-order valence-corrected chi connectivity index (χ1v) is 3.39. The van der Waals surface area contributed by atoms with E-state index >= 15 is 0 Å². The van der Waals surface area contributed by atoms with Crippen LogP contribution in [0.3, 0.4) is 0 Å². The van der Waals surface area contributed by atoms with Gasteiger partial charge in [-0.15, -0.1) is 0 Å². The zero-order valence-corrected chi connectivity index (χ0v) is 6.84. The third kappa shape index (κ3) is 1.72. The van der Waals surface area contributed by atoms with Crippen molar-refractivity contribution in [3.8, 4) is 0 Å². The van der Waals surface area contributed by atoms with Crippen LogP contribution in [-0.4, -0.2) is 12.0 Å². The molecule has 0 aliphatic carbocycles. The van der Waals surface area contributed by atoms with Crippen LogP contribution in [0.4, 0.5) is 11.5 Å². The molecule has 0 aromatic carbocycles. The number of aromatic nitrogens is 1. The number of rotatable bonds is 1. The predicted octanol–water partition coefficient (Wildman–Crippen LogP) is 0.627. The molecule has 0 spiro atoms. The van der Waals surface area contributed by atoms with Crippen molar-refractivity contribution in [1.82, 2.24) is 4.98 Å². The number of hydrogen-bond acceptors (Lipinski definition) is 4. The third-order valence-corrected chi connectivity index (χ3v) is 1.42. The van der Waals surface area contributed by atoms with Crippen molar-refractivity contribution in [3.05, 3.63) is 17.3 Å². The van der Waals surface area contributed by atoms with Gasteiger partial charge in [-0.3, -0.25) is 5.01 Å². The van der Waals surface area contributed by atoms with Gasteiger partial charge in [0.1, 0.15) is 5.15 Å². The molecule has 0 aliphatic rings. The quantitative estimate of drug-likeness (QED) is 0.370. The average Bonchev–Trinajstić information content (AvgIpc) is 1.94. The molecule has 0 bridgehead atoms. The van der Waals surface area contributed by atoms with Crippen molar-refractivity contribution in [1.29, 1.82) is 0 Å². The molecule has 0 atom stereocenters. The maximum atomic E-state index is 5.61. The average molecular weight is 173 g/mol. The van der Waals surface area contributed by atoms with Crippen LogP contribution in [0.1, 0.15) is 0 Å². The minimum Gasteiger partial charge on any atom is -0.396 e. The number of nitrogens with zero attached hydrogens (tertiary/aromatic N) is 2. The van der Waals surface area contributed by atoms with Crippen molar-refractivity contribution in [2.75, 3.05) is 17.8 Å². The summed E-state index contributed by atoms with van der Waals surface area (Å²) >= 11 is 5.61. The first-order valence-electron chi connectivity index (χ1n) is 3.01. The molecule has 0 saturated heterocycles. The summed E-state index contributed by atoms with van der Waals surface area (Å²) in [7, 11) is 1.65. The largest absolute Gasteiger partial charge is 0.396 e. The Labute approximate surface area is 69.7 Å². The Hall–Kier alpha value is -1.00. The van der Waals surface area contributed by atoms with E-state index < -0.39 is 0 Å². The zero-order chi connectivity index (χ0) is 8.43. The van der Waals surface area contributed by atoms with Crippen molar-refractivity contribution in [3.63, 3.8) is 0 Å². The molecule has 0 saturated carbocycles. The highest BCUT2D eigenvalue weighted by atomic mass is 35.5. The molecule has 5 heteroatoms. The zero-order valence-electron chi connectivity index (χ0n) is 6.08. The first-order chi connectivity index (χ1) is 5.11. The molecule has 4 N–H and O–H groups in total. The van der Waals surface area contributed by atoms with Gasteiger partial charge >= 0.3 is 0 Å². The number of anilines is 2. The Balaban J connectivity index is 3.13. The summed E-state index contributed by atoms with van der Waals surface area (Å²) in [5.41, 5.74) is 6.06. The van der Waals surface area contributed by atoms with Gasteiger partial charge in [0, 0.05) is 7.05 Å². The number of hydrogen-bond donors (Lipinski definition) is 2. The summed E-state index contributed by atoms with van der Waals surface area (Å²) in [5, 5.41) is 1.70. The van der Waals surface area contributed by atoms with Gasteiger partial charge in [-0.1, -0.05) is 11.6 Å². The second-order valence-corrected chi connectivity index (χ2v) is 2.54. The van der Waals surface area contributed by atoms with Crippen LogP contribution in [-0.2, 0) is 0 Å². The van der Waals surface area contributed by atoms with Gasteiger partial charge in [0.25, 0.3) is 0 Å². The number of hydrazine groups is 1. The molecular weight excluding hydrogens is 164 g/mol. The standard InChI is InChI=1S/C6H9ClN4/c1-11(9)6-4(8)2-3-5(7)10-6/h2-3H,8-9H2,1H3. The summed E-state index contributed by atoms with van der Waals surface area (Å²) in [6.07, 6.45) is 0. The predicted molar refractivity (Wildman–Crippen MR) is 46.2 cm³/mol. The summed E-state index contributed by atoms with van der Waals surface area (Å²) in [5.74, 6) is 5.90. The molecule has 1 heterocycles. The maximum absolute atomic E-state index is 5.61. The number of halogens is 1. The van der Waals surface area contributed by atoms with Crippen LogP contribution >= 0.6 is 11.6 Å². The van der Waals surface area contributed by atoms with Gasteiger partial charge in [-0.25, -0.2) is 10.8 Å². The van der Waals surface area contributed by atoms with Crippen molar-refractivity contribution >= 4 is 23.1 Å². The van der Waals surface area contributed by atoms with Crippen LogP contribution in [0, 0.1) is 0 Å². The third-order valence-electron chi connectivity index (χ3n) is 1.21. The molecule has 0 radical (unpaired) electrons. The monoisotopic (exact) mass is 172 g/mol. The Morgan fingerprint density at radius 2 is 2.18 bits per heavy atom. The Kier molecular flexibility index (Phi) is 2.16. The van der Waals surface area contributed by atoms with E-state index in [-0.39, 0.29) is 0 Å². The van der Waals surface area contributed by atoms with E-state index in [4.69, 9.17) is 23.2 Å². The highest BCUT2D eigenvalue weighted by Crippen LogP contribution is 2.19. The Morgan fingerprint density at radius 3 is 2.64 bits per heavy atom. The molecular formula is C6H9ClN4. The van der Waals surface area contributed by atoms with Gasteiger partial charge in [0.2, 0.25) is 0 Å². The van der Waals surface area contributed by atoms with E-state index in [0.29, 0.717) is 16.7 Å². The van der Waals surface area contributed by atoms with Gasteiger partial charge in [-0.2, -0.15) is 0 Å². The van der Waals surface area contributed by atoms with E-state index in [2.05, 4.69) is 4.98 Å². The fourth-order valence-corrected chi connectivity index (χ4v) is 0.862. The molecule has 0 amide bonds. The highest BCUT2D eigenvalue weighted by molar-refractivity contribution is 6.29. The van der Waals surface area contributed by atoms with E-state index in [1.165, 1.54) is 5.01 Å². The molecule has 1 aromatic rings. The van der Waals surface area contributed by atoms with Crippen LogP contribution in [0.5, 0.6) is 0 Å². The van der Waals surface area contributed by atoms with Gasteiger partial charge < -0.3 is 5.73 Å². The van der Waals surface area contributed by atoms with E-state index in [1.54, 1.807) is 19.2 Å². The normalized spacial score (nSPS) is 9.73. The maximum Gasteiger partial charge on any atom is 0.167 e. The van der Waals surface area contributed by atoms with Crippen molar-refractivity contribution < 1.29 is 0 Å². The molecule has 0 unspecified atom stereocenters. The smallest absolute Gasteiger partial charge is 0.167 e.